The molecule has 12 heteroatoms. The highest BCUT2D eigenvalue weighted by molar-refractivity contribution is 6.16. The van der Waals surface area contributed by atoms with Crippen LogP contribution >= 0.6 is 0 Å². The second-order valence-corrected chi connectivity index (χ2v) is 20.8. The van der Waals surface area contributed by atoms with E-state index in [-0.39, 0.29) is 42.6 Å². The van der Waals surface area contributed by atoms with Crippen molar-refractivity contribution in [2.45, 2.75) is 130 Å². The first-order valence-corrected chi connectivity index (χ1v) is 25.2. The standard InChI is InChI=1S/C58H68N4O8/c1-10-37-31(3)45-28-47-33(5)39(18-19-51(64)70-25-13-12-22-58(67)24-21-44-42-16-14-35-26-36(63)15-17-40(35)41(42)20-23-57(44,58)7)54(61-47)43(27-52(65)68-8)55-53(56(66)69-9)34(6)48(62-55)30-50-38(11-2)32(4)46(60-50)29-49(37)59-45/h10,15,17,26,28-30,32-33,39,41-42,44,54,59,62-63,67H,1,11,14,16,18-25,27H2,2-9H3/b45-28-,48-30-,49-29-,55-43-/t32?,33-,39-,41?,42?,44?,54?,57-,58-/m0/s1. The van der Waals surface area contributed by atoms with Gasteiger partial charge in [-0.25, -0.2) is 4.79 Å². The Balaban J connectivity index is 0.993. The van der Waals surface area contributed by atoms with Crippen molar-refractivity contribution in [3.63, 3.8) is 0 Å². The van der Waals surface area contributed by atoms with E-state index in [0.717, 1.165) is 83.0 Å². The number of phenolic OH excluding ortho intramolecular Hbond substituents is 1. The Hall–Kier alpha value is -6.19. The van der Waals surface area contributed by atoms with Crippen molar-refractivity contribution in [2.75, 3.05) is 20.8 Å². The summed E-state index contributed by atoms with van der Waals surface area (Å²) in [6, 6.07) is 5.20. The van der Waals surface area contributed by atoms with Gasteiger partial charge in [-0.05, 0) is 153 Å². The fourth-order valence-corrected chi connectivity index (χ4v) is 13.5. The SMILES string of the molecule is C=Cc1c(C)/c2[nH]/c1=C\C1=NC(=C(CC)C1C)/C=c1\[nH]/c(c(C(=O)OC)c1C)=C(/CC(=O)OC)C1N=C(\C=2)[C@@H](C)[C@@H]1CCC(=O)OCC#CC[C@]1(O)CCC2C3CCc4cc(O)ccc4C3CC[C@@]21C. The summed E-state index contributed by atoms with van der Waals surface area (Å²) < 4.78 is 16.4. The van der Waals surface area contributed by atoms with Crippen LogP contribution in [-0.2, 0) is 30.2 Å². The minimum absolute atomic E-state index is 0.0398. The Kier molecular flexibility index (Phi) is 13.4. The number of esters is 3. The van der Waals surface area contributed by atoms with Crippen LogP contribution in [0.15, 0.2) is 46.0 Å². The lowest BCUT2D eigenvalue weighted by Gasteiger charge is -2.53. The number of nitrogens with one attached hydrogen (secondary N) is 2. The summed E-state index contributed by atoms with van der Waals surface area (Å²) in [7, 11) is 2.68. The molecule has 6 aliphatic rings. The first-order valence-electron chi connectivity index (χ1n) is 25.2. The van der Waals surface area contributed by atoms with Gasteiger partial charge in [-0.3, -0.25) is 19.6 Å². The number of hydrogen-bond donors (Lipinski definition) is 4. The van der Waals surface area contributed by atoms with Crippen LogP contribution in [0.2, 0.25) is 0 Å². The molecule has 2 fully saturated rings. The smallest absolute Gasteiger partial charge is 0.340 e. The minimum atomic E-state index is -0.927. The molecule has 0 spiro atoms. The van der Waals surface area contributed by atoms with E-state index in [2.05, 4.69) is 68.2 Å². The topological polar surface area (TPSA) is 176 Å². The van der Waals surface area contributed by atoms with Crippen LogP contribution in [0.5, 0.6) is 5.75 Å². The van der Waals surface area contributed by atoms with E-state index in [1.54, 1.807) is 0 Å². The van der Waals surface area contributed by atoms with E-state index in [0.29, 0.717) is 70.2 Å². The molecule has 3 aliphatic heterocycles. The molecule has 8 bridgehead atoms. The third-order valence-corrected chi connectivity index (χ3v) is 17.6. The van der Waals surface area contributed by atoms with Crippen LogP contribution < -0.4 is 21.4 Å². The van der Waals surface area contributed by atoms with Gasteiger partial charge in [0.2, 0.25) is 0 Å². The predicted octanol–water partition coefficient (Wildman–Crippen LogP) is 6.70. The number of aryl methyl sites for hydroxylation is 1. The van der Waals surface area contributed by atoms with E-state index >= 15 is 0 Å². The Morgan fingerprint density at radius 3 is 2.46 bits per heavy atom. The van der Waals surface area contributed by atoms with Crippen molar-refractivity contribution in [1.82, 2.24) is 9.97 Å². The molecule has 5 unspecified atom stereocenters. The average molecular weight is 949 g/mol. The molecule has 0 amide bonds. The highest BCUT2D eigenvalue weighted by Gasteiger charge is 2.61. The highest BCUT2D eigenvalue weighted by atomic mass is 16.5. The largest absolute Gasteiger partial charge is 0.508 e. The number of nitrogens with zero attached hydrogens (tertiary/aromatic N) is 2. The first-order chi connectivity index (χ1) is 33.5. The number of H-pyrrole nitrogens is 2. The number of hydrogen-bond acceptors (Lipinski definition) is 10. The summed E-state index contributed by atoms with van der Waals surface area (Å²) in [5.74, 6) is 6.02. The van der Waals surface area contributed by atoms with Gasteiger partial charge in [-0.15, -0.1) is 0 Å². The monoisotopic (exact) mass is 949 g/mol. The van der Waals surface area contributed by atoms with E-state index < -0.39 is 29.6 Å². The van der Waals surface area contributed by atoms with E-state index in [1.807, 2.05) is 44.2 Å². The molecular weight excluding hydrogens is 881 g/mol. The first kappa shape index (κ1) is 48.8. The number of aromatic hydroxyl groups is 1. The lowest BCUT2D eigenvalue weighted by molar-refractivity contribution is -0.142. The molecule has 2 saturated carbocycles. The Morgan fingerprint density at radius 2 is 1.71 bits per heavy atom. The fraction of sp³-hybridized carbons (Fsp3) is 0.500. The maximum Gasteiger partial charge on any atom is 0.340 e. The number of allylic oxidation sites excluding steroid dienone is 2. The molecule has 3 aromatic rings. The van der Waals surface area contributed by atoms with Gasteiger partial charge in [0.15, 0.2) is 6.61 Å². The van der Waals surface area contributed by atoms with Gasteiger partial charge in [0, 0.05) is 57.4 Å². The van der Waals surface area contributed by atoms with Crippen molar-refractivity contribution < 1.29 is 38.8 Å². The zero-order valence-corrected chi connectivity index (χ0v) is 42.0. The molecule has 3 aliphatic carbocycles. The Bertz CT molecular complexity index is 3100. The van der Waals surface area contributed by atoms with E-state index in [4.69, 9.17) is 24.2 Å². The number of aromatic nitrogens is 2. The Labute approximate surface area is 410 Å². The van der Waals surface area contributed by atoms with Crippen molar-refractivity contribution in [2.24, 2.45) is 45.0 Å². The summed E-state index contributed by atoms with van der Waals surface area (Å²) in [4.78, 5) is 58.5. The molecule has 5 heterocycles. The van der Waals surface area contributed by atoms with Crippen molar-refractivity contribution in [3.05, 3.63) is 90.8 Å². The molecular formula is C58H68N4O8. The predicted molar refractivity (Wildman–Crippen MR) is 272 cm³/mol. The number of ether oxygens (including phenoxy) is 3. The lowest BCUT2D eigenvalue weighted by Crippen LogP contribution is -2.50. The van der Waals surface area contributed by atoms with Crippen LogP contribution in [0.25, 0.3) is 29.9 Å². The molecule has 2 aromatic heterocycles. The van der Waals surface area contributed by atoms with Crippen LogP contribution in [0.3, 0.4) is 0 Å². The van der Waals surface area contributed by atoms with Crippen LogP contribution in [0.4, 0.5) is 0 Å². The number of rotatable bonds is 10. The molecule has 9 atom stereocenters. The maximum absolute atomic E-state index is 13.8. The molecule has 12 nitrogen and oxygen atoms in total. The number of fused-ring (bicyclic) bond motifs is 11. The number of aliphatic imine (C=N–C) groups is 2. The summed E-state index contributed by atoms with van der Waals surface area (Å²) in [6.07, 6.45) is 14.9. The van der Waals surface area contributed by atoms with Gasteiger partial charge in [-0.1, -0.05) is 58.3 Å². The molecule has 1 aromatic carbocycles. The minimum Gasteiger partial charge on any atom is -0.508 e. The van der Waals surface area contributed by atoms with Crippen molar-refractivity contribution >= 4 is 59.2 Å². The average Bonchev–Trinajstić information content (AvgIpc) is 4.09. The second-order valence-electron chi connectivity index (χ2n) is 20.8. The van der Waals surface area contributed by atoms with Crippen LogP contribution in [0, 0.1) is 60.7 Å². The fourth-order valence-electron chi connectivity index (χ4n) is 13.5. The summed E-state index contributed by atoms with van der Waals surface area (Å²) in [5, 5.41) is 25.2. The third kappa shape index (κ3) is 8.41. The molecule has 70 heavy (non-hydrogen) atoms. The highest BCUT2D eigenvalue weighted by Crippen LogP contribution is 2.65. The normalized spacial score (nSPS) is 30.6. The van der Waals surface area contributed by atoms with Gasteiger partial charge in [-0.2, -0.15) is 0 Å². The van der Waals surface area contributed by atoms with Gasteiger partial charge >= 0.3 is 17.9 Å². The van der Waals surface area contributed by atoms with Gasteiger partial charge in [0.25, 0.3) is 0 Å². The Morgan fingerprint density at radius 1 is 0.943 bits per heavy atom. The number of aromatic amines is 2. The third-order valence-electron chi connectivity index (χ3n) is 17.6. The number of benzene rings is 1. The van der Waals surface area contributed by atoms with Crippen molar-refractivity contribution in [3.8, 4) is 17.6 Å². The van der Waals surface area contributed by atoms with Gasteiger partial charge in [0.05, 0.1) is 54.6 Å². The lowest BCUT2D eigenvalue weighted by atomic mass is 9.53. The number of aliphatic hydroxyl groups is 1. The van der Waals surface area contributed by atoms with Crippen LogP contribution in [-0.4, -0.2) is 82.0 Å². The summed E-state index contributed by atoms with van der Waals surface area (Å²) in [6.45, 7) is 16.6. The number of phenols is 1. The number of carbonyl (C=O) groups is 3. The molecule has 4 N–H and O–H groups in total. The van der Waals surface area contributed by atoms with E-state index in [1.165, 1.54) is 25.3 Å². The molecule has 368 valence electrons. The van der Waals surface area contributed by atoms with Crippen molar-refractivity contribution in [1.29, 1.82) is 0 Å². The number of methoxy groups -OCH3 is 2. The summed E-state index contributed by atoms with van der Waals surface area (Å²) >= 11 is 0. The summed E-state index contributed by atoms with van der Waals surface area (Å²) in [5.41, 5.74) is 8.55. The maximum atomic E-state index is 13.8. The molecule has 0 radical (unpaired) electrons. The van der Waals surface area contributed by atoms with E-state index in [9.17, 15) is 24.6 Å². The van der Waals surface area contributed by atoms with Gasteiger partial charge in [0.1, 0.15) is 5.75 Å². The second kappa shape index (κ2) is 19.2. The quantitative estimate of drug-likeness (QED) is 0.0987. The zero-order valence-electron chi connectivity index (χ0n) is 42.0. The molecule has 9 rings (SSSR count). The van der Waals surface area contributed by atoms with Gasteiger partial charge < -0.3 is 34.4 Å². The van der Waals surface area contributed by atoms with Crippen LogP contribution in [0.1, 0.15) is 136 Å². The zero-order chi connectivity index (χ0) is 49.8. The molecule has 0 saturated heterocycles. The number of carbonyl (C=O) groups excluding carboxylic acids is 3.